The van der Waals surface area contributed by atoms with Crippen molar-refractivity contribution < 1.29 is 9.47 Å². The lowest BCUT2D eigenvalue weighted by molar-refractivity contribution is 0.251. The van der Waals surface area contributed by atoms with Gasteiger partial charge < -0.3 is 15.2 Å². The van der Waals surface area contributed by atoms with Crippen LogP contribution < -0.4 is 15.2 Å². The quantitative estimate of drug-likeness (QED) is 0.913. The molecule has 3 rings (SSSR count). The molecule has 2 aliphatic rings. The van der Waals surface area contributed by atoms with Gasteiger partial charge in [0, 0.05) is 18.4 Å². The highest BCUT2D eigenvalue weighted by atomic mass is 79.9. The Morgan fingerprint density at radius 2 is 1.94 bits per heavy atom. The maximum absolute atomic E-state index is 5.97. The number of fused-ring (bicyclic) bond motifs is 1. The fraction of sp³-hybridized carbons (Fsp3) is 0.571. The lowest BCUT2D eigenvalue weighted by atomic mass is 9.64. The van der Waals surface area contributed by atoms with Crippen molar-refractivity contribution in [2.24, 2.45) is 5.73 Å². The van der Waals surface area contributed by atoms with E-state index < -0.39 is 0 Å². The van der Waals surface area contributed by atoms with Crippen LogP contribution in [-0.4, -0.2) is 19.8 Å². The molecule has 0 saturated heterocycles. The van der Waals surface area contributed by atoms with Crippen molar-refractivity contribution in [2.75, 3.05) is 19.8 Å². The molecule has 0 spiro atoms. The molecule has 4 heteroatoms. The monoisotopic (exact) mass is 311 g/mol. The molecule has 1 aliphatic carbocycles. The third kappa shape index (κ3) is 1.91. The topological polar surface area (TPSA) is 44.5 Å². The van der Waals surface area contributed by atoms with Gasteiger partial charge in [-0.05, 0) is 46.5 Å². The zero-order valence-corrected chi connectivity index (χ0v) is 12.0. The summed E-state index contributed by atoms with van der Waals surface area (Å²) in [6.07, 6.45) is 4.55. The zero-order chi connectivity index (χ0) is 12.6. The smallest absolute Gasteiger partial charge is 0.175 e. The highest BCUT2D eigenvalue weighted by molar-refractivity contribution is 9.10. The van der Waals surface area contributed by atoms with Crippen molar-refractivity contribution in [3.63, 3.8) is 0 Å². The third-order valence-electron chi connectivity index (χ3n) is 4.12. The Bertz CT molecular complexity index is 452. The normalized spacial score (nSPS) is 21.0. The van der Waals surface area contributed by atoms with Gasteiger partial charge in [-0.3, -0.25) is 0 Å². The van der Waals surface area contributed by atoms with Crippen LogP contribution in [0.4, 0.5) is 0 Å². The summed E-state index contributed by atoms with van der Waals surface area (Å²) in [5.41, 5.74) is 7.41. The van der Waals surface area contributed by atoms with Gasteiger partial charge in [-0.25, -0.2) is 0 Å². The van der Waals surface area contributed by atoms with E-state index in [0.717, 1.165) is 29.0 Å². The van der Waals surface area contributed by atoms with Crippen LogP contribution >= 0.6 is 15.9 Å². The molecule has 18 heavy (non-hydrogen) atoms. The van der Waals surface area contributed by atoms with Crippen LogP contribution in [-0.2, 0) is 5.41 Å². The maximum atomic E-state index is 5.97. The molecule has 98 valence electrons. The molecular weight excluding hydrogens is 294 g/mol. The molecule has 1 aliphatic heterocycles. The van der Waals surface area contributed by atoms with Gasteiger partial charge in [-0.1, -0.05) is 6.42 Å². The van der Waals surface area contributed by atoms with Crippen LogP contribution in [0.15, 0.2) is 16.6 Å². The van der Waals surface area contributed by atoms with Crippen molar-refractivity contribution in [3.8, 4) is 11.5 Å². The lowest BCUT2D eigenvalue weighted by Gasteiger charge is -2.41. The van der Waals surface area contributed by atoms with Crippen molar-refractivity contribution in [2.45, 2.75) is 31.1 Å². The van der Waals surface area contributed by atoms with E-state index in [1.54, 1.807) is 0 Å². The minimum Gasteiger partial charge on any atom is -0.490 e. The van der Waals surface area contributed by atoms with Crippen LogP contribution in [0.25, 0.3) is 0 Å². The average Bonchev–Trinajstić information content (AvgIpc) is 2.54. The first-order valence-corrected chi connectivity index (χ1v) is 7.34. The van der Waals surface area contributed by atoms with Crippen molar-refractivity contribution in [1.82, 2.24) is 0 Å². The van der Waals surface area contributed by atoms with Gasteiger partial charge in [0.2, 0.25) is 0 Å². The molecule has 2 N–H and O–H groups in total. The van der Waals surface area contributed by atoms with Crippen molar-refractivity contribution in [1.29, 1.82) is 0 Å². The number of rotatable bonds is 2. The summed E-state index contributed by atoms with van der Waals surface area (Å²) >= 11 is 3.60. The number of ether oxygens (including phenoxy) is 2. The summed E-state index contributed by atoms with van der Waals surface area (Å²) in [6, 6.07) is 4.27. The zero-order valence-electron chi connectivity index (χ0n) is 10.4. The van der Waals surface area contributed by atoms with Gasteiger partial charge in [0.15, 0.2) is 11.5 Å². The van der Waals surface area contributed by atoms with Crippen LogP contribution in [0.5, 0.6) is 11.5 Å². The van der Waals surface area contributed by atoms with E-state index in [0.29, 0.717) is 13.2 Å². The van der Waals surface area contributed by atoms with E-state index in [9.17, 15) is 0 Å². The first kappa shape index (κ1) is 12.3. The number of halogens is 1. The first-order chi connectivity index (χ1) is 8.75. The fourth-order valence-corrected chi connectivity index (χ4v) is 3.31. The SMILES string of the molecule is NCC1(c2cc(Br)c3c(c2)OCCCO3)CCC1. The van der Waals surface area contributed by atoms with Gasteiger partial charge >= 0.3 is 0 Å². The molecule has 0 unspecified atom stereocenters. The summed E-state index contributed by atoms with van der Waals surface area (Å²) in [4.78, 5) is 0. The molecule has 1 heterocycles. The minimum atomic E-state index is 0.160. The Morgan fingerprint density at radius 1 is 1.17 bits per heavy atom. The largest absolute Gasteiger partial charge is 0.490 e. The molecule has 3 nitrogen and oxygen atoms in total. The van der Waals surface area contributed by atoms with E-state index >= 15 is 0 Å². The maximum Gasteiger partial charge on any atom is 0.175 e. The van der Waals surface area contributed by atoms with Crippen molar-refractivity contribution in [3.05, 3.63) is 22.2 Å². The Morgan fingerprint density at radius 3 is 2.61 bits per heavy atom. The number of hydrogen-bond acceptors (Lipinski definition) is 3. The fourth-order valence-electron chi connectivity index (χ4n) is 2.75. The third-order valence-corrected chi connectivity index (χ3v) is 4.70. The van der Waals surface area contributed by atoms with Gasteiger partial charge in [-0.2, -0.15) is 0 Å². The Hall–Kier alpha value is -0.740. The van der Waals surface area contributed by atoms with E-state index in [4.69, 9.17) is 15.2 Å². The highest BCUT2D eigenvalue weighted by Crippen LogP contribution is 2.47. The van der Waals surface area contributed by atoms with Crippen LogP contribution in [0.3, 0.4) is 0 Å². The average molecular weight is 312 g/mol. The summed E-state index contributed by atoms with van der Waals surface area (Å²) in [7, 11) is 0. The standard InChI is InChI=1S/C14H18BrNO2/c15-11-7-10(14(9-16)3-1-4-14)8-12-13(11)18-6-2-5-17-12/h7-8H,1-6,9,16H2. The van der Waals surface area contributed by atoms with E-state index in [1.807, 2.05) is 0 Å². The second-order valence-electron chi connectivity index (χ2n) is 5.17. The molecule has 0 amide bonds. The minimum absolute atomic E-state index is 0.160. The Balaban J connectivity index is 2.02. The van der Waals surface area contributed by atoms with Crippen LogP contribution in [0.1, 0.15) is 31.2 Å². The molecule has 1 saturated carbocycles. The molecule has 1 aromatic carbocycles. The second-order valence-corrected chi connectivity index (χ2v) is 6.03. The summed E-state index contributed by atoms with van der Waals surface area (Å²) < 4.78 is 12.5. The molecular formula is C14H18BrNO2. The first-order valence-electron chi connectivity index (χ1n) is 6.55. The van der Waals surface area contributed by atoms with Gasteiger partial charge in [-0.15, -0.1) is 0 Å². The highest BCUT2D eigenvalue weighted by Gasteiger charge is 2.38. The molecule has 0 atom stereocenters. The van der Waals surface area contributed by atoms with E-state index in [1.165, 1.54) is 24.8 Å². The predicted octanol–water partition coefficient (Wildman–Crippen LogP) is 2.99. The van der Waals surface area contributed by atoms with Crippen LogP contribution in [0, 0.1) is 0 Å². The summed E-state index contributed by atoms with van der Waals surface area (Å²) in [5, 5.41) is 0. The van der Waals surface area contributed by atoms with Crippen LogP contribution in [0.2, 0.25) is 0 Å². The molecule has 0 radical (unpaired) electrons. The van der Waals surface area contributed by atoms with E-state index in [-0.39, 0.29) is 5.41 Å². The summed E-state index contributed by atoms with van der Waals surface area (Å²) in [6.45, 7) is 2.14. The second kappa shape index (κ2) is 4.74. The molecule has 0 bridgehead atoms. The van der Waals surface area contributed by atoms with Gasteiger partial charge in [0.25, 0.3) is 0 Å². The molecule has 1 aromatic rings. The predicted molar refractivity (Wildman–Crippen MR) is 74.3 cm³/mol. The number of benzene rings is 1. The lowest BCUT2D eigenvalue weighted by Crippen LogP contribution is -2.41. The van der Waals surface area contributed by atoms with Gasteiger partial charge in [0.05, 0.1) is 17.7 Å². The van der Waals surface area contributed by atoms with E-state index in [2.05, 4.69) is 28.1 Å². The number of hydrogen-bond donors (Lipinski definition) is 1. The molecule has 1 fully saturated rings. The molecule has 0 aromatic heterocycles. The van der Waals surface area contributed by atoms with Crippen molar-refractivity contribution >= 4 is 15.9 Å². The number of nitrogens with two attached hydrogens (primary N) is 1. The summed E-state index contributed by atoms with van der Waals surface area (Å²) in [5.74, 6) is 1.69. The van der Waals surface area contributed by atoms with Gasteiger partial charge in [0.1, 0.15) is 0 Å². The Labute approximate surface area is 116 Å². The Kier molecular flexibility index (Phi) is 3.24.